The van der Waals surface area contributed by atoms with Crippen LogP contribution in [0.3, 0.4) is 0 Å². The number of benzene rings is 1. The Labute approximate surface area is 111 Å². The van der Waals surface area contributed by atoms with Crippen molar-refractivity contribution in [2.45, 2.75) is 6.54 Å². The standard InChI is InChI=1S/C15H15N3O/c1-19-13-6-4-11(5-7-13)14-10-18-8-2-3-12(9-16)15(18)17-14/h2-8,10H,9,16H2,1H3. The van der Waals surface area contributed by atoms with Gasteiger partial charge in [-0.25, -0.2) is 4.98 Å². The highest BCUT2D eigenvalue weighted by Crippen LogP contribution is 2.23. The summed E-state index contributed by atoms with van der Waals surface area (Å²) in [5.41, 5.74) is 9.68. The second kappa shape index (κ2) is 4.74. The van der Waals surface area contributed by atoms with Crippen LogP contribution in [-0.2, 0) is 6.54 Å². The molecule has 19 heavy (non-hydrogen) atoms. The summed E-state index contributed by atoms with van der Waals surface area (Å²) >= 11 is 0. The van der Waals surface area contributed by atoms with E-state index in [9.17, 15) is 0 Å². The van der Waals surface area contributed by atoms with E-state index in [1.54, 1.807) is 7.11 Å². The van der Waals surface area contributed by atoms with Crippen molar-refractivity contribution in [3.05, 3.63) is 54.4 Å². The second-order valence-corrected chi connectivity index (χ2v) is 4.32. The smallest absolute Gasteiger partial charge is 0.141 e. The number of imidazole rings is 1. The molecule has 0 fully saturated rings. The van der Waals surface area contributed by atoms with E-state index in [0.29, 0.717) is 6.54 Å². The largest absolute Gasteiger partial charge is 0.497 e. The van der Waals surface area contributed by atoms with Crippen LogP contribution in [0.15, 0.2) is 48.8 Å². The Morgan fingerprint density at radius 2 is 2.00 bits per heavy atom. The van der Waals surface area contributed by atoms with E-state index in [4.69, 9.17) is 10.5 Å². The van der Waals surface area contributed by atoms with Crippen LogP contribution in [0.2, 0.25) is 0 Å². The first-order chi connectivity index (χ1) is 9.31. The Morgan fingerprint density at radius 3 is 2.68 bits per heavy atom. The van der Waals surface area contributed by atoms with Crippen LogP contribution in [0.25, 0.3) is 16.9 Å². The summed E-state index contributed by atoms with van der Waals surface area (Å²) in [5, 5.41) is 0. The molecule has 0 amide bonds. The Morgan fingerprint density at radius 1 is 1.21 bits per heavy atom. The first-order valence-corrected chi connectivity index (χ1v) is 6.13. The number of nitrogens with zero attached hydrogens (tertiary/aromatic N) is 2. The highest BCUT2D eigenvalue weighted by atomic mass is 16.5. The number of aromatic nitrogens is 2. The summed E-state index contributed by atoms with van der Waals surface area (Å²) in [7, 11) is 1.66. The normalized spacial score (nSPS) is 10.8. The average Bonchev–Trinajstić information content (AvgIpc) is 2.91. The van der Waals surface area contributed by atoms with Gasteiger partial charge in [0.2, 0.25) is 0 Å². The molecule has 3 aromatic rings. The van der Waals surface area contributed by atoms with Crippen molar-refractivity contribution in [1.82, 2.24) is 9.38 Å². The molecule has 96 valence electrons. The van der Waals surface area contributed by atoms with E-state index in [2.05, 4.69) is 4.98 Å². The van der Waals surface area contributed by atoms with Gasteiger partial charge in [-0.05, 0) is 30.3 Å². The molecule has 0 atom stereocenters. The van der Waals surface area contributed by atoms with Crippen LogP contribution in [0.4, 0.5) is 0 Å². The van der Waals surface area contributed by atoms with Gasteiger partial charge >= 0.3 is 0 Å². The topological polar surface area (TPSA) is 52.5 Å². The first kappa shape index (κ1) is 11.7. The fourth-order valence-corrected chi connectivity index (χ4v) is 2.13. The molecule has 0 aliphatic heterocycles. The van der Waals surface area contributed by atoms with Gasteiger partial charge in [0.05, 0.1) is 12.8 Å². The fraction of sp³-hybridized carbons (Fsp3) is 0.133. The van der Waals surface area contributed by atoms with Crippen molar-refractivity contribution in [3.8, 4) is 17.0 Å². The van der Waals surface area contributed by atoms with Gasteiger partial charge in [0.25, 0.3) is 0 Å². The van der Waals surface area contributed by atoms with Gasteiger partial charge in [-0.2, -0.15) is 0 Å². The highest BCUT2D eigenvalue weighted by Gasteiger charge is 2.07. The maximum absolute atomic E-state index is 5.73. The quantitative estimate of drug-likeness (QED) is 0.780. The SMILES string of the molecule is COc1ccc(-c2cn3cccc(CN)c3n2)cc1. The predicted octanol–water partition coefficient (Wildman–Crippen LogP) is 2.47. The van der Waals surface area contributed by atoms with Crippen molar-refractivity contribution < 1.29 is 4.74 Å². The van der Waals surface area contributed by atoms with Gasteiger partial charge in [0.1, 0.15) is 11.4 Å². The summed E-state index contributed by atoms with van der Waals surface area (Å²) in [6.45, 7) is 0.489. The van der Waals surface area contributed by atoms with Gasteiger partial charge in [-0.3, -0.25) is 0 Å². The third kappa shape index (κ3) is 2.06. The minimum atomic E-state index is 0.489. The minimum absolute atomic E-state index is 0.489. The molecule has 2 N–H and O–H groups in total. The summed E-state index contributed by atoms with van der Waals surface area (Å²) in [6.07, 6.45) is 3.99. The van der Waals surface area contributed by atoms with Gasteiger partial charge in [0.15, 0.2) is 0 Å². The molecule has 4 nitrogen and oxygen atoms in total. The Hall–Kier alpha value is -2.33. The van der Waals surface area contributed by atoms with Gasteiger partial charge in [-0.1, -0.05) is 6.07 Å². The molecular weight excluding hydrogens is 238 g/mol. The van der Waals surface area contributed by atoms with E-state index in [1.807, 2.05) is 53.2 Å². The number of rotatable bonds is 3. The number of methoxy groups -OCH3 is 1. The zero-order chi connectivity index (χ0) is 13.2. The molecule has 1 aromatic carbocycles. The third-order valence-corrected chi connectivity index (χ3v) is 3.17. The lowest BCUT2D eigenvalue weighted by atomic mass is 10.2. The predicted molar refractivity (Wildman–Crippen MR) is 75.1 cm³/mol. The monoisotopic (exact) mass is 253 g/mol. The van der Waals surface area contributed by atoms with Crippen LogP contribution in [0.5, 0.6) is 5.75 Å². The summed E-state index contributed by atoms with van der Waals surface area (Å²) in [6, 6.07) is 11.9. The summed E-state index contributed by atoms with van der Waals surface area (Å²) < 4.78 is 7.16. The molecule has 0 radical (unpaired) electrons. The number of hydrogen-bond donors (Lipinski definition) is 1. The maximum Gasteiger partial charge on any atom is 0.141 e. The molecule has 0 aliphatic carbocycles. The summed E-state index contributed by atoms with van der Waals surface area (Å²) in [4.78, 5) is 4.65. The second-order valence-electron chi connectivity index (χ2n) is 4.32. The molecule has 0 unspecified atom stereocenters. The lowest BCUT2D eigenvalue weighted by molar-refractivity contribution is 0.415. The molecular formula is C15H15N3O. The van der Waals surface area contributed by atoms with Crippen molar-refractivity contribution in [2.24, 2.45) is 5.73 Å². The summed E-state index contributed by atoms with van der Waals surface area (Å²) in [5.74, 6) is 0.843. The Balaban J connectivity index is 2.09. The lowest BCUT2D eigenvalue weighted by Gasteiger charge is -2.00. The molecule has 2 heterocycles. The van der Waals surface area contributed by atoms with Crippen LogP contribution >= 0.6 is 0 Å². The van der Waals surface area contributed by atoms with Crippen LogP contribution in [-0.4, -0.2) is 16.5 Å². The molecule has 0 saturated carbocycles. The Bertz CT molecular complexity index is 701. The van der Waals surface area contributed by atoms with Crippen molar-refractivity contribution >= 4 is 5.65 Å². The van der Waals surface area contributed by atoms with E-state index in [-0.39, 0.29) is 0 Å². The molecule has 0 spiro atoms. The minimum Gasteiger partial charge on any atom is -0.497 e. The molecule has 4 heteroatoms. The van der Waals surface area contributed by atoms with Crippen LogP contribution in [0.1, 0.15) is 5.56 Å². The molecule has 3 rings (SSSR count). The number of nitrogens with two attached hydrogens (primary N) is 1. The Kier molecular flexibility index (Phi) is 2.93. The molecule has 0 bridgehead atoms. The zero-order valence-corrected chi connectivity index (χ0v) is 10.7. The van der Waals surface area contributed by atoms with Crippen LogP contribution < -0.4 is 10.5 Å². The van der Waals surface area contributed by atoms with Crippen molar-refractivity contribution in [2.75, 3.05) is 7.11 Å². The number of fused-ring (bicyclic) bond motifs is 1. The highest BCUT2D eigenvalue weighted by molar-refractivity contribution is 5.64. The van der Waals surface area contributed by atoms with Gasteiger partial charge < -0.3 is 14.9 Å². The fourth-order valence-electron chi connectivity index (χ4n) is 2.13. The van der Waals surface area contributed by atoms with Gasteiger partial charge in [-0.15, -0.1) is 0 Å². The third-order valence-electron chi connectivity index (χ3n) is 3.17. The number of pyridine rings is 1. The van der Waals surface area contributed by atoms with E-state index in [0.717, 1.165) is 28.2 Å². The van der Waals surface area contributed by atoms with Crippen LogP contribution in [0, 0.1) is 0 Å². The molecule has 0 aliphatic rings. The van der Waals surface area contributed by atoms with E-state index >= 15 is 0 Å². The van der Waals surface area contributed by atoms with Crippen molar-refractivity contribution in [1.29, 1.82) is 0 Å². The van der Waals surface area contributed by atoms with E-state index < -0.39 is 0 Å². The maximum atomic E-state index is 5.73. The lowest BCUT2D eigenvalue weighted by Crippen LogP contribution is -1.99. The number of ether oxygens (including phenoxy) is 1. The van der Waals surface area contributed by atoms with E-state index in [1.165, 1.54) is 0 Å². The number of hydrogen-bond acceptors (Lipinski definition) is 3. The average molecular weight is 253 g/mol. The van der Waals surface area contributed by atoms with Crippen molar-refractivity contribution in [3.63, 3.8) is 0 Å². The first-order valence-electron chi connectivity index (χ1n) is 6.13. The molecule has 0 saturated heterocycles. The van der Waals surface area contributed by atoms with Gasteiger partial charge in [0, 0.05) is 30.1 Å². The zero-order valence-electron chi connectivity index (χ0n) is 10.7. The molecule has 2 aromatic heterocycles.